The molecule has 1 aliphatic rings. The molecule has 0 amide bonds. The van der Waals surface area contributed by atoms with Crippen LogP contribution in [-0.4, -0.2) is 28.0 Å². The molecule has 6 heteroatoms. The highest BCUT2D eigenvalue weighted by molar-refractivity contribution is 5.43. The average Bonchev–Trinajstić information content (AvgIpc) is 2.27. The van der Waals surface area contributed by atoms with Gasteiger partial charge < -0.3 is 15.8 Å². The van der Waals surface area contributed by atoms with Gasteiger partial charge in [-0.15, -0.1) is 4.73 Å². The Bertz CT molecular complexity index is 407. The minimum Gasteiger partial charge on any atom is -0.423 e. The van der Waals surface area contributed by atoms with E-state index in [2.05, 4.69) is 9.88 Å². The lowest BCUT2D eigenvalue weighted by atomic mass is 10.1. The van der Waals surface area contributed by atoms with Crippen molar-refractivity contribution in [1.82, 2.24) is 9.71 Å². The van der Waals surface area contributed by atoms with Crippen LogP contribution >= 0.6 is 0 Å². The molecule has 4 N–H and O–H groups in total. The van der Waals surface area contributed by atoms with Crippen molar-refractivity contribution >= 4 is 11.6 Å². The molecule has 1 aromatic heterocycles. The maximum atomic E-state index is 9.43. The second kappa shape index (κ2) is 3.80. The third-order valence-corrected chi connectivity index (χ3v) is 2.69. The summed E-state index contributed by atoms with van der Waals surface area (Å²) in [6, 6.07) is 0. The molecule has 0 atom stereocenters. The number of anilines is 2. The zero-order valence-corrected chi connectivity index (χ0v) is 8.48. The van der Waals surface area contributed by atoms with Gasteiger partial charge in [0.15, 0.2) is 5.49 Å². The van der Waals surface area contributed by atoms with Gasteiger partial charge in [0.25, 0.3) is 0 Å². The standard InChI is InChI=1S/C9H15N5O/c10-8-7(6-12-9(11)14(8)15)13-4-2-1-3-5-13/h6,10,15H,1-5H2,(H2,11,12). The molecule has 1 aliphatic heterocycles. The van der Waals surface area contributed by atoms with E-state index in [1.807, 2.05) is 0 Å². The maximum Gasteiger partial charge on any atom is 0.236 e. The van der Waals surface area contributed by atoms with E-state index in [0.29, 0.717) is 10.4 Å². The molecule has 0 unspecified atom stereocenters. The first-order valence-corrected chi connectivity index (χ1v) is 5.06. The van der Waals surface area contributed by atoms with Crippen LogP contribution in [-0.2, 0) is 0 Å². The zero-order chi connectivity index (χ0) is 10.8. The minimum atomic E-state index is -0.0549. The Balaban J connectivity index is 2.35. The third kappa shape index (κ3) is 1.74. The second-order valence-electron chi connectivity index (χ2n) is 3.71. The van der Waals surface area contributed by atoms with Crippen molar-refractivity contribution in [2.24, 2.45) is 0 Å². The Morgan fingerprint density at radius 2 is 2.00 bits per heavy atom. The summed E-state index contributed by atoms with van der Waals surface area (Å²) in [7, 11) is 0. The van der Waals surface area contributed by atoms with E-state index in [0.717, 1.165) is 25.9 Å². The number of piperidine rings is 1. The normalized spacial score (nSPS) is 16.7. The van der Waals surface area contributed by atoms with E-state index in [4.69, 9.17) is 11.1 Å². The molecule has 1 aromatic rings. The number of rotatable bonds is 1. The van der Waals surface area contributed by atoms with Crippen LogP contribution in [0.2, 0.25) is 0 Å². The van der Waals surface area contributed by atoms with Gasteiger partial charge in [0, 0.05) is 13.1 Å². The molecular formula is C9H15N5O. The van der Waals surface area contributed by atoms with Gasteiger partial charge in [-0.25, -0.2) is 4.98 Å². The van der Waals surface area contributed by atoms with Crippen LogP contribution in [0.4, 0.5) is 11.6 Å². The average molecular weight is 209 g/mol. The first kappa shape index (κ1) is 9.82. The van der Waals surface area contributed by atoms with Gasteiger partial charge in [0.05, 0.1) is 6.20 Å². The van der Waals surface area contributed by atoms with Crippen molar-refractivity contribution in [3.8, 4) is 0 Å². The van der Waals surface area contributed by atoms with Gasteiger partial charge in [-0.1, -0.05) is 0 Å². The van der Waals surface area contributed by atoms with Gasteiger partial charge in [-0.05, 0) is 19.3 Å². The molecule has 2 heterocycles. The van der Waals surface area contributed by atoms with E-state index >= 15 is 0 Å². The van der Waals surface area contributed by atoms with Crippen molar-refractivity contribution in [2.75, 3.05) is 23.7 Å². The topological polar surface area (TPSA) is 91.2 Å². The van der Waals surface area contributed by atoms with E-state index in [1.165, 1.54) is 6.42 Å². The van der Waals surface area contributed by atoms with Gasteiger partial charge in [-0.3, -0.25) is 5.41 Å². The molecular weight excluding hydrogens is 194 g/mol. The second-order valence-corrected chi connectivity index (χ2v) is 3.71. The lowest BCUT2D eigenvalue weighted by Gasteiger charge is -2.28. The fraction of sp³-hybridized carbons (Fsp3) is 0.556. The van der Waals surface area contributed by atoms with Gasteiger partial charge in [0.2, 0.25) is 5.95 Å². The Kier molecular flexibility index (Phi) is 2.49. The Hall–Kier alpha value is -1.72. The summed E-state index contributed by atoms with van der Waals surface area (Å²) >= 11 is 0. The molecule has 0 spiro atoms. The van der Waals surface area contributed by atoms with Gasteiger partial charge in [0.1, 0.15) is 5.69 Å². The molecule has 6 nitrogen and oxygen atoms in total. The van der Waals surface area contributed by atoms with Crippen LogP contribution in [0.25, 0.3) is 0 Å². The summed E-state index contributed by atoms with van der Waals surface area (Å²) < 4.78 is 0.615. The quantitative estimate of drug-likeness (QED) is 0.575. The van der Waals surface area contributed by atoms with E-state index in [9.17, 15) is 5.21 Å². The molecule has 0 bridgehead atoms. The molecule has 82 valence electrons. The summed E-state index contributed by atoms with van der Waals surface area (Å²) in [5.74, 6) is -0.0549. The lowest BCUT2D eigenvalue weighted by molar-refractivity contribution is 0.174. The van der Waals surface area contributed by atoms with Crippen molar-refractivity contribution < 1.29 is 5.21 Å². The Labute approximate surface area is 87.4 Å². The highest BCUT2D eigenvalue weighted by Gasteiger charge is 2.14. The third-order valence-electron chi connectivity index (χ3n) is 2.69. The smallest absolute Gasteiger partial charge is 0.236 e. The fourth-order valence-electron chi connectivity index (χ4n) is 1.83. The molecule has 0 aliphatic carbocycles. The SMILES string of the molecule is N=c1c(N2CCCCC2)cnc(N)n1O. The summed E-state index contributed by atoms with van der Waals surface area (Å²) in [4.78, 5) is 5.90. The van der Waals surface area contributed by atoms with E-state index in [-0.39, 0.29) is 11.4 Å². The van der Waals surface area contributed by atoms with E-state index in [1.54, 1.807) is 6.20 Å². The molecule has 2 rings (SSSR count). The van der Waals surface area contributed by atoms with Crippen LogP contribution in [0.5, 0.6) is 0 Å². The molecule has 0 saturated carbocycles. The fourth-order valence-corrected chi connectivity index (χ4v) is 1.83. The summed E-state index contributed by atoms with van der Waals surface area (Å²) in [5, 5.41) is 17.2. The number of nitrogens with zero attached hydrogens (tertiary/aromatic N) is 3. The Morgan fingerprint density at radius 1 is 1.33 bits per heavy atom. The number of hydrogen-bond acceptors (Lipinski definition) is 5. The summed E-state index contributed by atoms with van der Waals surface area (Å²) in [6.07, 6.45) is 5.02. The van der Waals surface area contributed by atoms with Crippen molar-refractivity contribution in [3.05, 3.63) is 11.7 Å². The summed E-state index contributed by atoms with van der Waals surface area (Å²) in [5.41, 5.74) is 6.03. The number of nitrogen functional groups attached to an aromatic ring is 1. The summed E-state index contributed by atoms with van der Waals surface area (Å²) in [6.45, 7) is 1.83. The predicted molar refractivity (Wildman–Crippen MR) is 55.7 cm³/mol. The molecule has 1 fully saturated rings. The van der Waals surface area contributed by atoms with Crippen LogP contribution in [0.3, 0.4) is 0 Å². The van der Waals surface area contributed by atoms with Gasteiger partial charge in [-0.2, -0.15) is 0 Å². The van der Waals surface area contributed by atoms with Crippen LogP contribution in [0.1, 0.15) is 19.3 Å². The monoisotopic (exact) mass is 209 g/mol. The highest BCUT2D eigenvalue weighted by Crippen LogP contribution is 2.15. The Morgan fingerprint density at radius 3 is 2.67 bits per heavy atom. The molecule has 1 saturated heterocycles. The number of hydrogen-bond donors (Lipinski definition) is 3. The van der Waals surface area contributed by atoms with Crippen molar-refractivity contribution in [2.45, 2.75) is 19.3 Å². The van der Waals surface area contributed by atoms with Crippen molar-refractivity contribution in [1.29, 1.82) is 5.41 Å². The number of nitrogens with one attached hydrogen (secondary N) is 1. The first-order chi connectivity index (χ1) is 7.20. The largest absolute Gasteiger partial charge is 0.423 e. The molecule has 15 heavy (non-hydrogen) atoms. The molecule has 0 aromatic carbocycles. The van der Waals surface area contributed by atoms with Crippen LogP contribution in [0, 0.1) is 5.41 Å². The van der Waals surface area contributed by atoms with E-state index < -0.39 is 0 Å². The molecule has 0 radical (unpaired) electrons. The zero-order valence-electron chi connectivity index (χ0n) is 8.48. The predicted octanol–water partition coefficient (Wildman–Crippen LogP) is 0.172. The highest BCUT2D eigenvalue weighted by atomic mass is 16.5. The maximum absolute atomic E-state index is 9.43. The van der Waals surface area contributed by atoms with Crippen LogP contribution < -0.4 is 16.1 Å². The first-order valence-electron chi connectivity index (χ1n) is 5.06. The van der Waals surface area contributed by atoms with Gasteiger partial charge >= 0.3 is 0 Å². The van der Waals surface area contributed by atoms with Crippen LogP contribution in [0.15, 0.2) is 6.20 Å². The minimum absolute atomic E-state index is 0.00407. The van der Waals surface area contributed by atoms with Crippen molar-refractivity contribution in [3.63, 3.8) is 0 Å². The number of aromatic nitrogens is 2. The number of nitrogens with two attached hydrogens (primary N) is 1. The lowest BCUT2D eigenvalue weighted by Crippen LogP contribution is -2.36.